The van der Waals surface area contributed by atoms with E-state index in [2.05, 4.69) is 15.9 Å². The molecule has 1 aromatic carbocycles. The van der Waals surface area contributed by atoms with Gasteiger partial charge in [0.05, 0.1) is 0 Å². The third-order valence-corrected chi connectivity index (χ3v) is 2.10. The second kappa shape index (κ2) is 3.35. The summed E-state index contributed by atoms with van der Waals surface area (Å²) in [6, 6.07) is 6.95. The molecule has 0 fully saturated rings. The van der Waals surface area contributed by atoms with Crippen molar-refractivity contribution < 1.29 is 4.39 Å². The van der Waals surface area contributed by atoms with Crippen LogP contribution in [0.1, 0.15) is 11.2 Å². The maximum absolute atomic E-state index is 12.4. The molecule has 1 unspecified atom stereocenters. The monoisotopic (exact) mass is 222 g/mol. The Morgan fingerprint density at radius 3 is 2.40 bits per heavy atom. The van der Waals surface area contributed by atoms with Crippen LogP contribution in [0.25, 0.3) is 0 Å². The zero-order valence-electron chi connectivity index (χ0n) is 5.02. The zero-order chi connectivity index (χ0) is 7.56. The molecular formula is C7H5BrClF. The van der Waals surface area contributed by atoms with Crippen LogP contribution in [0.3, 0.4) is 0 Å². The molecule has 0 aliphatic rings. The van der Waals surface area contributed by atoms with E-state index in [0.717, 1.165) is 0 Å². The molecule has 0 saturated heterocycles. The van der Waals surface area contributed by atoms with Gasteiger partial charge in [0.1, 0.15) is 0 Å². The first kappa shape index (κ1) is 8.02. The SMILES string of the molecule is FC(Cl)c1ccccc1Br. The molecule has 0 saturated carbocycles. The molecule has 1 atom stereocenters. The average Bonchev–Trinajstić information content (AvgIpc) is 1.88. The predicted octanol–water partition coefficient (Wildman–Crippen LogP) is 3.66. The van der Waals surface area contributed by atoms with Crippen molar-refractivity contribution >= 4 is 27.5 Å². The highest BCUT2D eigenvalue weighted by Crippen LogP contribution is 2.28. The largest absolute Gasteiger partial charge is 0.225 e. The molecule has 0 bridgehead atoms. The van der Waals surface area contributed by atoms with E-state index in [1.54, 1.807) is 18.2 Å². The van der Waals surface area contributed by atoms with Crippen LogP contribution in [0, 0.1) is 0 Å². The molecule has 0 aliphatic carbocycles. The first-order valence-corrected chi connectivity index (χ1v) is 3.97. The Morgan fingerprint density at radius 2 is 2.00 bits per heavy atom. The molecule has 1 rings (SSSR count). The molecule has 0 aromatic heterocycles. The Balaban J connectivity index is 3.03. The number of hydrogen-bond acceptors (Lipinski definition) is 0. The van der Waals surface area contributed by atoms with E-state index >= 15 is 0 Å². The molecule has 0 nitrogen and oxygen atoms in total. The van der Waals surface area contributed by atoms with E-state index in [9.17, 15) is 4.39 Å². The van der Waals surface area contributed by atoms with E-state index in [-0.39, 0.29) is 0 Å². The normalized spacial score (nSPS) is 13.1. The minimum Gasteiger partial charge on any atom is -0.225 e. The van der Waals surface area contributed by atoms with Crippen LogP contribution in [0.5, 0.6) is 0 Å². The van der Waals surface area contributed by atoms with Crippen molar-refractivity contribution in [1.82, 2.24) is 0 Å². The van der Waals surface area contributed by atoms with Crippen molar-refractivity contribution in [3.63, 3.8) is 0 Å². The zero-order valence-corrected chi connectivity index (χ0v) is 7.36. The highest BCUT2D eigenvalue weighted by molar-refractivity contribution is 9.10. The van der Waals surface area contributed by atoms with Crippen LogP contribution < -0.4 is 0 Å². The number of hydrogen-bond donors (Lipinski definition) is 0. The molecule has 0 heterocycles. The molecule has 0 radical (unpaired) electrons. The third-order valence-electron chi connectivity index (χ3n) is 1.14. The van der Waals surface area contributed by atoms with Crippen molar-refractivity contribution in [2.45, 2.75) is 5.63 Å². The van der Waals surface area contributed by atoms with Crippen LogP contribution in [0.2, 0.25) is 0 Å². The molecule has 1 aromatic rings. The Bertz CT molecular complexity index is 225. The van der Waals surface area contributed by atoms with Crippen LogP contribution in [-0.2, 0) is 0 Å². The van der Waals surface area contributed by atoms with Gasteiger partial charge in [0, 0.05) is 10.0 Å². The lowest BCUT2D eigenvalue weighted by Gasteiger charge is -2.01. The number of benzene rings is 1. The van der Waals surface area contributed by atoms with E-state index < -0.39 is 5.63 Å². The van der Waals surface area contributed by atoms with E-state index in [1.165, 1.54) is 0 Å². The highest BCUT2D eigenvalue weighted by Gasteiger charge is 2.06. The van der Waals surface area contributed by atoms with Crippen LogP contribution in [0.4, 0.5) is 4.39 Å². The standard InChI is InChI=1S/C7H5BrClF/c8-6-4-2-1-3-5(6)7(9)10/h1-4,7H. The summed E-state index contributed by atoms with van der Waals surface area (Å²) < 4.78 is 13.1. The summed E-state index contributed by atoms with van der Waals surface area (Å²) in [7, 11) is 0. The summed E-state index contributed by atoms with van der Waals surface area (Å²) in [4.78, 5) is 0. The minimum atomic E-state index is -1.42. The van der Waals surface area contributed by atoms with Crippen LogP contribution in [0.15, 0.2) is 28.7 Å². The maximum Gasteiger partial charge on any atom is 0.199 e. The summed E-state index contributed by atoms with van der Waals surface area (Å²) in [6.45, 7) is 0. The number of alkyl halides is 2. The number of halogens is 3. The summed E-state index contributed by atoms with van der Waals surface area (Å²) in [5.41, 5.74) is -0.945. The molecule has 54 valence electrons. The smallest absolute Gasteiger partial charge is 0.199 e. The van der Waals surface area contributed by atoms with Gasteiger partial charge < -0.3 is 0 Å². The van der Waals surface area contributed by atoms with Crippen molar-refractivity contribution in [2.75, 3.05) is 0 Å². The van der Waals surface area contributed by atoms with Gasteiger partial charge in [-0.25, -0.2) is 4.39 Å². The lowest BCUT2D eigenvalue weighted by molar-refractivity contribution is 0.459. The second-order valence-electron chi connectivity index (χ2n) is 1.82. The summed E-state index contributed by atoms with van der Waals surface area (Å²) >= 11 is 8.38. The quantitative estimate of drug-likeness (QED) is 0.638. The summed E-state index contributed by atoms with van der Waals surface area (Å²) in [5, 5.41) is 0. The third kappa shape index (κ3) is 1.70. The van der Waals surface area contributed by atoms with Crippen molar-refractivity contribution in [3.05, 3.63) is 34.3 Å². The van der Waals surface area contributed by atoms with Gasteiger partial charge in [0.25, 0.3) is 0 Å². The van der Waals surface area contributed by atoms with Gasteiger partial charge in [0.15, 0.2) is 5.63 Å². The fraction of sp³-hybridized carbons (Fsp3) is 0.143. The van der Waals surface area contributed by atoms with Crippen molar-refractivity contribution in [2.24, 2.45) is 0 Å². The predicted molar refractivity (Wildman–Crippen MR) is 43.8 cm³/mol. The molecule has 0 amide bonds. The van der Waals surface area contributed by atoms with Crippen molar-refractivity contribution in [3.8, 4) is 0 Å². The Hall–Kier alpha value is -0.0800. The Labute approximate surface area is 72.1 Å². The number of rotatable bonds is 1. The van der Waals surface area contributed by atoms with Gasteiger partial charge >= 0.3 is 0 Å². The molecule has 0 aliphatic heterocycles. The Morgan fingerprint density at radius 1 is 1.40 bits per heavy atom. The van der Waals surface area contributed by atoms with E-state index in [4.69, 9.17) is 11.6 Å². The summed E-state index contributed by atoms with van der Waals surface area (Å²) in [5.74, 6) is 0. The molecular weight excluding hydrogens is 218 g/mol. The molecule has 0 N–H and O–H groups in total. The first-order chi connectivity index (χ1) is 4.72. The lowest BCUT2D eigenvalue weighted by atomic mass is 10.2. The molecule has 3 heteroatoms. The van der Waals surface area contributed by atoms with E-state index in [1.807, 2.05) is 6.07 Å². The fourth-order valence-corrected chi connectivity index (χ4v) is 1.46. The lowest BCUT2D eigenvalue weighted by Crippen LogP contribution is -1.82. The average molecular weight is 223 g/mol. The maximum atomic E-state index is 12.4. The van der Waals surface area contributed by atoms with Crippen LogP contribution >= 0.6 is 27.5 Å². The first-order valence-electron chi connectivity index (χ1n) is 2.74. The van der Waals surface area contributed by atoms with Gasteiger partial charge in [0.2, 0.25) is 0 Å². The van der Waals surface area contributed by atoms with Gasteiger partial charge in [-0.1, -0.05) is 45.7 Å². The van der Waals surface area contributed by atoms with E-state index in [0.29, 0.717) is 10.0 Å². The van der Waals surface area contributed by atoms with Crippen molar-refractivity contribution in [1.29, 1.82) is 0 Å². The molecule has 0 spiro atoms. The van der Waals surface area contributed by atoms with Crippen LogP contribution in [-0.4, -0.2) is 0 Å². The fourth-order valence-electron chi connectivity index (χ4n) is 0.652. The van der Waals surface area contributed by atoms with Gasteiger partial charge in [-0.2, -0.15) is 0 Å². The molecule has 10 heavy (non-hydrogen) atoms. The van der Waals surface area contributed by atoms with Gasteiger partial charge in [-0.15, -0.1) is 0 Å². The highest BCUT2D eigenvalue weighted by atomic mass is 79.9. The topological polar surface area (TPSA) is 0 Å². The Kier molecular flexibility index (Phi) is 2.69. The van der Waals surface area contributed by atoms with Gasteiger partial charge in [-0.3, -0.25) is 0 Å². The second-order valence-corrected chi connectivity index (χ2v) is 3.06. The van der Waals surface area contributed by atoms with Gasteiger partial charge in [-0.05, 0) is 6.07 Å². The minimum absolute atomic E-state index is 0.476. The summed E-state index contributed by atoms with van der Waals surface area (Å²) in [6.07, 6.45) is 0.